The molecule has 0 fully saturated rings. The second-order valence-electron chi connectivity index (χ2n) is 4.31. The molecule has 2 aromatic rings. The highest BCUT2D eigenvalue weighted by Gasteiger charge is 2.19. The summed E-state index contributed by atoms with van der Waals surface area (Å²) < 4.78 is 42.1. The molecule has 0 aliphatic rings. The van der Waals surface area contributed by atoms with Crippen molar-refractivity contribution < 1.29 is 21.8 Å². The van der Waals surface area contributed by atoms with Gasteiger partial charge in [-0.25, -0.2) is 4.39 Å². The number of anilines is 1. The van der Waals surface area contributed by atoms with Gasteiger partial charge in [-0.15, -0.1) is 0 Å². The average molecular weight is 344 g/mol. The third-order valence-corrected chi connectivity index (χ3v) is 4.04. The Labute approximate surface area is 131 Å². The van der Waals surface area contributed by atoms with Gasteiger partial charge in [0.1, 0.15) is 10.7 Å². The van der Waals surface area contributed by atoms with Gasteiger partial charge in [-0.05, 0) is 42.5 Å². The van der Waals surface area contributed by atoms with Gasteiger partial charge in [0.05, 0.1) is 5.69 Å². The molecule has 0 saturated heterocycles. The topological polar surface area (TPSA) is 72.5 Å². The number of carbonyl (C=O) groups excluding carboxylic acids is 1. The fourth-order valence-corrected chi connectivity index (χ4v) is 2.75. The third-order valence-electron chi connectivity index (χ3n) is 2.55. The van der Waals surface area contributed by atoms with E-state index < -0.39 is 21.8 Å². The van der Waals surface area contributed by atoms with Crippen LogP contribution < -0.4 is 9.50 Å². The molecule has 116 valence electrons. The Bertz CT molecular complexity index is 806. The summed E-state index contributed by atoms with van der Waals surface area (Å²) in [4.78, 5) is 10.9. The zero-order chi connectivity index (χ0) is 16.3. The monoisotopic (exact) mass is 343 g/mol. The van der Waals surface area contributed by atoms with Crippen LogP contribution in [0.4, 0.5) is 10.1 Å². The van der Waals surface area contributed by atoms with Crippen LogP contribution in [0.2, 0.25) is 5.02 Å². The first-order chi connectivity index (χ1) is 10.3. The second kappa shape index (κ2) is 6.33. The van der Waals surface area contributed by atoms with Crippen molar-refractivity contribution in [1.82, 2.24) is 0 Å². The lowest BCUT2D eigenvalue weighted by Crippen LogP contribution is -2.13. The van der Waals surface area contributed by atoms with Gasteiger partial charge in [0.2, 0.25) is 5.91 Å². The summed E-state index contributed by atoms with van der Waals surface area (Å²) in [6.45, 7) is 1.26. The molecule has 0 atom stereocenters. The molecule has 0 spiro atoms. The minimum atomic E-state index is -4.16. The number of benzene rings is 2. The lowest BCUT2D eigenvalue weighted by molar-refractivity contribution is -0.114. The highest BCUT2D eigenvalue weighted by Crippen LogP contribution is 2.30. The van der Waals surface area contributed by atoms with Crippen molar-refractivity contribution in [2.75, 3.05) is 5.32 Å². The van der Waals surface area contributed by atoms with Crippen LogP contribution >= 0.6 is 11.6 Å². The Hall–Kier alpha value is -2.12. The molecule has 8 heteroatoms. The molecule has 0 aromatic heterocycles. The van der Waals surface area contributed by atoms with Crippen LogP contribution in [-0.4, -0.2) is 14.3 Å². The van der Waals surface area contributed by atoms with Crippen molar-refractivity contribution in [3.63, 3.8) is 0 Å². The van der Waals surface area contributed by atoms with E-state index in [1.807, 2.05) is 0 Å². The molecule has 1 amide bonds. The van der Waals surface area contributed by atoms with E-state index in [1.165, 1.54) is 25.1 Å². The maximum absolute atomic E-state index is 12.9. The minimum Gasteiger partial charge on any atom is -0.377 e. The highest BCUT2D eigenvalue weighted by atomic mass is 35.5. The van der Waals surface area contributed by atoms with E-state index in [9.17, 15) is 17.6 Å². The van der Waals surface area contributed by atoms with Gasteiger partial charge in [0.15, 0.2) is 5.75 Å². The van der Waals surface area contributed by atoms with Crippen molar-refractivity contribution in [2.24, 2.45) is 0 Å². The molecular weight excluding hydrogens is 333 g/mol. The van der Waals surface area contributed by atoms with E-state index in [0.717, 1.165) is 24.3 Å². The summed E-state index contributed by atoms with van der Waals surface area (Å²) in [6.07, 6.45) is 0. The van der Waals surface area contributed by atoms with E-state index in [-0.39, 0.29) is 16.3 Å². The van der Waals surface area contributed by atoms with Crippen molar-refractivity contribution in [2.45, 2.75) is 11.8 Å². The number of hydrogen-bond donors (Lipinski definition) is 1. The van der Waals surface area contributed by atoms with Gasteiger partial charge in [0, 0.05) is 11.9 Å². The summed E-state index contributed by atoms with van der Waals surface area (Å²) in [5.74, 6) is -1.07. The van der Waals surface area contributed by atoms with E-state index in [0.29, 0.717) is 5.02 Å². The van der Waals surface area contributed by atoms with Crippen LogP contribution in [0.25, 0.3) is 0 Å². The minimum absolute atomic E-state index is 0.0936. The Morgan fingerprint density at radius 3 is 2.41 bits per heavy atom. The third kappa shape index (κ3) is 3.96. The number of amides is 1. The lowest BCUT2D eigenvalue weighted by Gasteiger charge is -2.12. The molecule has 0 radical (unpaired) electrons. The number of hydrogen-bond acceptors (Lipinski definition) is 4. The largest absolute Gasteiger partial charge is 0.377 e. The van der Waals surface area contributed by atoms with Gasteiger partial charge < -0.3 is 9.50 Å². The van der Waals surface area contributed by atoms with Crippen LogP contribution in [0.15, 0.2) is 47.4 Å². The van der Waals surface area contributed by atoms with E-state index in [1.54, 1.807) is 0 Å². The fourth-order valence-electron chi connectivity index (χ4n) is 1.63. The van der Waals surface area contributed by atoms with Crippen LogP contribution in [0.3, 0.4) is 0 Å². The maximum Gasteiger partial charge on any atom is 0.339 e. The normalized spacial score (nSPS) is 11.0. The van der Waals surface area contributed by atoms with Crippen molar-refractivity contribution in [3.05, 3.63) is 53.3 Å². The summed E-state index contributed by atoms with van der Waals surface area (Å²) >= 11 is 5.81. The van der Waals surface area contributed by atoms with Gasteiger partial charge in [0.25, 0.3) is 0 Å². The Balaban J connectivity index is 2.37. The molecule has 2 aromatic carbocycles. The first-order valence-electron chi connectivity index (χ1n) is 6.05. The van der Waals surface area contributed by atoms with Gasteiger partial charge in [-0.2, -0.15) is 8.42 Å². The van der Waals surface area contributed by atoms with E-state index in [2.05, 4.69) is 5.32 Å². The van der Waals surface area contributed by atoms with E-state index in [4.69, 9.17) is 15.8 Å². The standard InChI is InChI=1S/C14H11ClFNO4S/c1-9(18)17-13-8-10(15)2-7-14(13)21-22(19,20)12-5-3-11(16)4-6-12/h2-8H,1H3,(H,17,18). The molecule has 2 rings (SSSR count). The molecular formula is C14H11ClFNO4S. The molecule has 0 heterocycles. The van der Waals surface area contributed by atoms with Crippen LogP contribution in [0.1, 0.15) is 6.92 Å². The highest BCUT2D eigenvalue weighted by molar-refractivity contribution is 7.87. The SMILES string of the molecule is CC(=O)Nc1cc(Cl)ccc1OS(=O)(=O)c1ccc(F)cc1. The molecule has 0 aliphatic carbocycles. The maximum atomic E-state index is 12.9. The number of carbonyl (C=O) groups is 1. The van der Waals surface area contributed by atoms with Crippen molar-refractivity contribution >= 4 is 33.3 Å². The van der Waals surface area contributed by atoms with Gasteiger partial charge >= 0.3 is 10.1 Å². The van der Waals surface area contributed by atoms with E-state index >= 15 is 0 Å². The smallest absolute Gasteiger partial charge is 0.339 e. The molecule has 0 unspecified atom stereocenters. The fraction of sp³-hybridized carbons (Fsp3) is 0.0714. The molecule has 1 N–H and O–H groups in total. The van der Waals surface area contributed by atoms with Crippen LogP contribution in [0, 0.1) is 5.82 Å². The number of halogens is 2. The zero-order valence-electron chi connectivity index (χ0n) is 11.3. The summed E-state index contributed by atoms with van der Waals surface area (Å²) in [6, 6.07) is 8.27. The average Bonchev–Trinajstić information content (AvgIpc) is 2.41. The predicted octanol–water partition coefficient (Wildman–Crippen LogP) is 3.21. The Morgan fingerprint density at radius 2 is 1.82 bits per heavy atom. The summed E-state index contributed by atoms with van der Waals surface area (Å²) in [7, 11) is -4.16. The molecule has 5 nitrogen and oxygen atoms in total. The molecule has 0 bridgehead atoms. The second-order valence-corrected chi connectivity index (χ2v) is 6.30. The van der Waals surface area contributed by atoms with Gasteiger partial charge in [-0.1, -0.05) is 11.6 Å². The number of rotatable bonds is 4. The van der Waals surface area contributed by atoms with Crippen molar-refractivity contribution in [1.29, 1.82) is 0 Å². The number of nitrogens with one attached hydrogen (secondary N) is 1. The lowest BCUT2D eigenvalue weighted by atomic mass is 10.3. The van der Waals surface area contributed by atoms with Crippen LogP contribution in [-0.2, 0) is 14.9 Å². The van der Waals surface area contributed by atoms with Crippen LogP contribution in [0.5, 0.6) is 5.75 Å². The Morgan fingerprint density at radius 1 is 1.18 bits per heavy atom. The molecule has 0 aliphatic heterocycles. The first-order valence-corrected chi connectivity index (χ1v) is 7.84. The first kappa shape index (κ1) is 16.3. The van der Waals surface area contributed by atoms with Gasteiger partial charge in [-0.3, -0.25) is 4.79 Å². The Kier molecular flexibility index (Phi) is 4.68. The van der Waals surface area contributed by atoms with Crippen molar-refractivity contribution in [3.8, 4) is 5.75 Å². The molecule has 0 saturated carbocycles. The molecule has 22 heavy (non-hydrogen) atoms. The summed E-state index contributed by atoms with van der Waals surface area (Å²) in [5, 5.41) is 2.73. The zero-order valence-corrected chi connectivity index (χ0v) is 12.9. The quantitative estimate of drug-likeness (QED) is 0.865. The predicted molar refractivity (Wildman–Crippen MR) is 80.0 cm³/mol. The summed E-state index contributed by atoms with van der Waals surface area (Å²) in [5.41, 5.74) is 0.116.